The molecule has 0 atom stereocenters. The fraction of sp³-hybridized carbons (Fsp3) is 0.0667. The summed E-state index contributed by atoms with van der Waals surface area (Å²) in [5.41, 5.74) is -0.129. The Kier molecular flexibility index (Phi) is 3.79. The van der Waals surface area contributed by atoms with Crippen molar-refractivity contribution in [3.05, 3.63) is 47.0 Å². The third kappa shape index (κ3) is 2.55. The van der Waals surface area contributed by atoms with Crippen LogP contribution in [0.3, 0.4) is 0 Å². The Labute approximate surface area is 134 Å². The lowest BCUT2D eigenvalue weighted by Gasteiger charge is -2.09. The molecular weight excluding hydrogens is 325 g/mol. The van der Waals surface area contributed by atoms with E-state index in [0.717, 1.165) is 0 Å². The van der Waals surface area contributed by atoms with Gasteiger partial charge < -0.3 is 9.84 Å². The number of pyridine rings is 1. The van der Waals surface area contributed by atoms with Crippen LogP contribution in [0.2, 0.25) is 5.02 Å². The van der Waals surface area contributed by atoms with Crippen molar-refractivity contribution in [3.63, 3.8) is 0 Å². The van der Waals surface area contributed by atoms with Crippen LogP contribution in [0.15, 0.2) is 30.5 Å². The van der Waals surface area contributed by atoms with E-state index >= 15 is 0 Å². The van der Waals surface area contributed by atoms with E-state index in [-0.39, 0.29) is 38.9 Å². The number of carbonyl (C=O) groups is 1. The maximum atomic E-state index is 14.5. The van der Waals surface area contributed by atoms with Crippen LogP contribution in [-0.4, -0.2) is 33.1 Å². The molecule has 0 aliphatic carbocycles. The van der Waals surface area contributed by atoms with Crippen molar-refractivity contribution in [1.82, 2.24) is 15.0 Å². The number of nitrogens with zero attached hydrogens (tertiary/aromatic N) is 3. The molecule has 0 amide bonds. The number of carboxylic acid groups (broad SMARTS) is 1. The smallest absolute Gasteiger partial charge is 0.355 e. The Bertz CT molecular complexity index is 933. The third-order valence-corrected chi connectivity index (χ3v) is 3.47. The molecule has 0 aliphatic rings. The summed E-state index contributed by atoms with van der Waals surface area (Å²) in [4.78, 5) is 23.5. The van der Waals surface area contributed by atoms with Crippen LogP contribution in [0.5, 0.6) is 5.75 Å². The zero-order chi connectivity index (χ0) is 16.6. The van der Waals surface area contributed by atoms with Crippen LogP contribution in [0.1, 0.15) is 10.5 Å². The molecule has 116 valence electrons. The highest BCUT2D eigenvalue weighted by Gasteiger charge is 2.20. The number of benzene rings is 1. The molecule has 0 fully saturated rings. The molecule has 2 heterocycles. The summed E-state index contributed by atoms with van der Waals surface area (Å²) in [5.74, 6) is -2.30. The van der Waals surface area contributed by atoms with Gasteiger partial charge in [-0.2, -0.15) is 0 Å². The van der Waals surface area contributed by atoms with Crippen LogP contribution in [0, 0.1) is 5.82 Å². The summed E-state index contributed by atoms with van der Waals surface area (Å²) in [6.45, 7) is 0. The monoisotopic (exact) mass is 333 g/mol. The van der Waals surface area contributed by atoms with E-state index in [1.54, 1.807) is 6.07 Å². The van der Waals surface area contributed by atoms with E-state index in [9.17, 15) is 14.3 Å². The van der Waals surface area contributed by atoms with Crippen LogP contribution in [0.25, 0.3) is 22.4 Å². The van der Waals surface area contributed by atoms with Gasteiger partial charge in [0.2, 0.25) is 0 Å². The molecule has 6 nitrogen and oxygen atoms in total. The molecule has 0 saturated carbocycles. The molecule has 0 aliphatic heterocycles. The Morgan fingerprint density at radius 1 is 1.30 bits per heavy atom. The number of methoxy groups -OCH3 is 1. The number of aromatic carboxylic acids is 1. The van der Waals surface area contributed by atoms with Gasteiger partial charge in [0.1, 0.15) is 0 Å². The molecule has 0 radical (unpaired) electrons. The van der Waals surface area contributed by atoms with E-state index < -0.39 is 11.8 Å². The fourth-order valence-electron chi connectivity index (χ4n) is 2.14. The number of halogens is 2. The minimum Gasteiger partial charge on any atom is -0.492 e. The highest BCUT2D eigenvalue weighted by atomic mass is 35.5. The van der Waals surface area contributed by atoms with Crippen LogP contribution in [0.4, 0.5) is 4.39 Å². The second kappa shape index (κ2) is 5.77. The van der Waals surface area contributed by atoms with Gasteiger partial charge in [-0.1, -0.05) is 11.6 Å². The normalized spacial score (nSPS) is 10.7. The highest BCUT2D eigenvalue weighted by molar-refractivity contribution is 6.32. The van der Waals surface area contributed by atoms with Crippen molar-refractivity contribution in [1.29, 1.82) is 0 Å². The lowest BCUT2D eigenvalue weighted by molar-refractivity contribution is 0.0693. The van der Waals surface area contributed by atoms with Crippen LogP contribution in [-0.2, 0) is 0 Å². The summed E-state index contributed by atoms with van der Waals surface area (Å²) in [6, 6.07) is 5.89. The lowest BCUT2D eigenvalue weighted by atomic mass is 10.1. The van der Waals surface area contributed by atoms with Gasteiger partial charge in [-0.25, -0.2) is 24.1 Å². The van der Waals surface area contributed by atoms with Gasteiger partial charge in [0.15, 0.2) is 28.7 Å². The number of hydrogen-bond acceptors (Lipinski definition) is 5. The number of ether oxygens (including phenoxy) is 1. The largest absolute Gasteiger partial charge is 0.492 e. The molecule has 23 heavy (non-hydrogen) atoms. The predicted molar refractivity (Wildman–Crippen MR) is 81.2 cm³/mol. The first-order valence-electron chi connectivity index (χ1n) is 6.41. The molecule has 0 saturated heterocycles. The molecule has 8 heteroatoms. The summed E-state index contributed by atoms with van der Waals surface area (Å²) in [5, 5.41) is 9.67. The first-order valence-corrected chi connectivity index (χ1v) is 6.79. The topological polar surface area (TPSA) is 85.2 Å². The number of rotatable bonds is 3. The van der Waals surface area contributed by atoms with Crippen molar-refractivity contribution >= 4 is 28.6 Å². The fourth-order valence-corrected chi connectivity index (χ4v) is 2.36. The second-order valence-corrected chi connectivity index (χ2v) is 4.92. The van der Waals surface area contributed by atoms with Crippen molar-refractivity contribution < 1.29 is 19.0 Å². The maximum absolute atomic E-state index is 14.5. The van der Waals surface area contributed by atoms with Gasteiger partial charge in [-0.15, -0.1) is 0 Å². The average molecular weight is 334 g/mol. The predicted octanol–water partition coefficient (Wildman–Crippen LogP) is 3.19. The molecule has 0 spiro atoms. The third-order valence-electron chi connectivity index (χ3n) is 3.17. The lowest BCUT2D eigenvalue weighted by Crippen LogP contribution is -2.06. The van der Waals surface area contributed by atoms with E-state index in [4.69, 9.17) is 16.3 Å². The number of fused-ring (bicyclic) bond motifs is 1. The standard InChI is InChI=1S/C15H9ClFN3O3/c1-23-12-9(16)5-4-7(10(12)17)14-19-11(15(21)22)8-3-2-6-18-13(8)20-14/h2-6H,1H3,(H,21,22). The minimum atomic E-state index is -1.26. The molecular formula is C15H9ClFN3O3. The first-order chi connectivity index (χ1) is 11.0. The molecule has 0 bridgehead atoms. The number of hydrogen-bond donors (Lipinski definition) is 1. The summed E-state index contributed by atoms with van der Waals surface area (Å²) in [6.07, 6.45) is 1.46. The van der Waals surface area contributed by atoms with Crippen LogP contribution < -0.4 is 4.74 Å². The van der Waals surface area contributed by atoms with E-state index in [1.807, 2.05) is 0 Å². The SMILES string of the molecule is COc1c(Cl)ccc(-c2nc(C(=O)O)c3cccnc3n2)c1F. The summed E-state index contributed by atoms with van der Waals surface area (Å²) < 4.78 is 19.4. The molecule has 3 aromatic rings. The van der Waals surface area contributed by atoms with Crippen LogP contribution >= 0.6 is 11.6 Å². The quantitative estimate of drug-likeness (QED) is 0.792. The summed E-state index contributed by atoms with van der Waals surface area (Å²) >= 11 is 5.85. The van der Waals surface area contributed by atoms with Gasteiger partial charge >= 0.3 is 5.97 Å². The second-order valence-electron chi connectivity index (χ2n) is 4.52. The Morgan fingerprint density at radius 2 is 2.09 bits per heavy atom. The van der Waals surface area contributed by atoms with Crippen molar-refractivity contribution in [3.8, 4) is 17.1 Å². The van der Waals surface area contributed by atoms with Gasteiger partial charge in [0.25, 0.3) is 0 Å². The Balaban J connectivity index is 2.31. The molecule has 1 N–H and O–H groups in total. The van der Waals surface area contributed by atoms with Crippen molar-refractivity contribution in [2.75, 3.05) is 7.11 Å². The highest BCUT2D eigenvalue weighted by Crippen LogP contribution is 2.34. The van der Waals surface area contributed by atoms with E-state index in [2.05, 4.69) is 15.0 Å². The number of aromatic nitrogens is 3. The Hall–Kier alpha value is -2.80. The van der Waals surface area contributed by atoms with Gasteiger partial charge in [-0.3, -0.25) is 0 Å². The van der Waals surface area contributed by atoms with Gasteiger partial charge in [0.05, 0.1) is 23.1 Å². The van der Waals surface area contributed by atoms with Crippen molar-refractivity contribution in [2.24, 2.45) is 0 Å². The number of carboxylic acids is 1. The van der Waals surface area contributed by atoms with Gasteiger partial charge in [0, 0.05) is 6.20 Å². The first kappa shape index (κ1) is 15.1. The zero-order valence-corrected chi connectivity index (χ0v) is 12.5. The maximum Gasteiger partial charge on any atom is 0.355 e. The van der Waals surface area contributed by atoms with E-state index in [0.29, 0.717) is 0 Å². The molecule has 2 aromatic heterocycles. The molecule has 1 aromatic carbocycles. The van der Waals surface area contributed by atoms with Crippen molar-refractivity contribution in [2.45, 2.75) is 0 Å². The summed E-state index contributed by atoms with van der Waals surface area (Å²) in [7, 11) is 1.28. The zero-order valence-electron chi connectivity index (χ0n) is 11.7. The Morgan fingerprint density at radius 3 is 2.78 bits per heavy atom. The average Bonchev–Trinajstić information content (AvgIpc) is 2.54. The van der Waals surface area contributed by atoms with E-state index in [1.165, 1.54) is 31.5 Å². The molecule has 0 unspecified atom stereocenters. The minimum absolute atomic E-state index is 0.0266. The molecule has 3 rings (SSSR count). The van der Waals surface area contributed by atoms with Gasteiger partial charge in [-0.05, 0) is 24.3 Å².